The Kier molecular flexibility index (Phi) is 8.85. The molecule has 42 heavy (non-hydrogen) atoms. The molecule has 5 rings (SSSR count). The smallest absolute Gasteiger partial charge is 0.407 e. The third-order valence-electron chi connectivity index (χ3n) is 8.04. The van der Waals surface area contributed by atoms with E-state index in [-0.39, 0.29) is 24.5 Å². The van der Waals surface area contributed by atoms with Gasteiger partial charge in [0.25, 0.3) is 6.01 Å². The normalized spacial score (nSPS) is 14.0. The van der Waals surface area contributed by atoms with Gasteiger partial charge in [0.2, 0.25) is 5.91 Å². The van der Waals surface area contributed by atoms with Gasteiger partial charge in [0.15, 0.2) is 0 Å². The van der Waals surface area contributed by atoms with E-state index in [0.29, 0.717) is 29.4 Å². The van der Waals surface area contributed by atoms with E-state index in [1.54, 1.807) is 24.9 Å². The van der Waals surface area contributed by atoms with Crippen LogP contribution in [0.5, 0.6) is 0 Å². The Balaban J connectivity index is 1.41. The van der Waals surface area contributed by atoms with Crippen LogP contribution in [-0.4, -0.2) is 51.0 Å². The third kappa shape index (κ3) is 6.62. The zero-order valence-corrected chi connectivity index (χ0v) is 24.0. The van der Waals surface area contributed by atoms with E-state index in [1.165, 1.54) is 4.90 Å². The van der Waals surface area contributed by atoms with Crippen LogP contribution in [0.3, 0.4) is 0 Å². The summed E-state index contributed by atoms with van der Waals surface area (Å²) in [5.41, 5.74) is 3.16. The predicted molar refractivity (Wildman–Crippen MR) is 161 cm³/mol. The molecule has 0 radical (unpaired) electrons. The average molecular weight is 569 g/mol. The fourth-order valence-electron chi connectivity index (χ4n) is 5.75. The Morgan fingerprint density at radius 2 is 1.62 bits per heavy atom. The maximum absolute atomic E-state index is 13.6. The van der Waals surface area contributed by atoms with E-state index in [9.17, 15) is 19.5 Å². The summed E-state index contributed by atoms with van der Waals surface area (Å²) in [5, 5.41) is 13.2. The van der Waals surface area contributed by atoms with Crippen molar-refractivity contribution in [3.8, 4) is 0 Å². The molecule has 3 aromatic carbocycles. The number of nitrogens with zero attached hydrogens (tertiary/aromatic N) is 3. The molecule has 218 valence electrons. The number of likely N-dealkylation sites (N-methyl/N-ethyl adjacent to an activating group) is 1. The SMILES string of the molecule is Cc1c(CN(C(=O)O)C2CCCC2)ccc2nc(N[C@@H](Cc3ccccc3)C(=O)N(C)Cc3ccccc3)oc(=O)c12. The first-order valence-corrected chi connectivity index (χ1v) is 14.3. The van der Waals surface area contributed by atoms with Gasteiger partial charge in [0.05, 0.1) is 10.9 Å². The van der Waals surface area contributed by atoms with E-state index in [0.717, 1.165) is 42.4 Å². The second-order valence-corrected chi connectivity index (χ2v) is 11.0. The summed E-state index contributed by atoms with van der Waals surface area (Å²) in [4.78, 5) is 46.6. The molecule has 1 fully saturated rings. The highest BCUT2D eigenvalue weighted by Gasteiger charge is 2.28. The summed E-state index contributed by atoms with van der Waals surface area (Å²) in [7, 11) is 1.75. The van der Waals surface area contributed by atoms with Gasteiger partial charge < -0.3 is 24.6 Å². The predicted octanol–water partition coefficient (Wildman–Crippen LogP) is 5.60. The molecule has 0 bridgehead atoms. The molecule has 1 heterocycles. The van der Waals surface area contributed by atoms with Crippen LogP contribution in [0.4, 0.5) is 10.8 Å². The Morgan fingerprint density at radius 1 is 0.976 bits per heavy atom. The average Bonchev–Trinajstić information content (AvgIpc) is 3.51. The number of hydrogen-bond donors (Lipinski definition) is 2. The van der Waals surface area contributed by atoms with Crippen molar-refractivity contribution in [1.82, 2.24) is 14.8 Å². The van der Waals surface area contributed by atoms with Crippen molar-refractivity contribution in [3.63, 3.8) is 0 Å². The van der Waals surface area contributed by atoms with Gasteiger partial charge in [-0.05, 0) is 48.1 Å². The van der Waals surface area contributed by atoms with Gasteiger partial charge in [-0.25, -0.2) is 9.59 Å². The number of carbonyl (C=O) groups excluding carboxylic acids is 1. The summed E-state index contributed by atoms with van der Waals surface area (Å²) >= 11 is 0. The molecule has 0 aliphatic heterocycles. The third-order valence-corrected chi connectivity index (χ3v) is 8.04. The van der Waals surface area contributed by atoms with E-state index in [2.05, 4.69) is 10.3 Å². The van der Waals surface area contributed by atoms with Crippen LogP contribution in [0.2, 0.25) is 0 Å². The first-order chi connectivity index (χ1) is 20.3. The Bertz CT molecular complexity index is 1600. The molecule has 1 aliphatic carbocycles. The molecule has 0 spiro atoms. The van der Waals surface area contributed by atoms with Gasteiger partial charge in [-0.15, -0.1) is 0 Å². The van der Waals surface area contributed by atoms with Crippen molar-refractivity contribution in [3.05, 3.63) is 105 Å². The lowest BCUT2D eigenvalue weighted by molar-refractivity contribution is -0.131. The molecule has 9 heteroatoms. The van der Waals surface area contributed by atoms with E-state index in [1.807, 2.05) is 66.7 Å². The van der Waals surface area contributed by atoms with Crippen LogP contribution >= 0.6 is 0 Å². The Morgan fingerprint density at radius 3 is 2.26 bits per heavy atom. The topological polar surface area (TPSA) is 116 Å². The summed E-state index contributed by atoms with van der Waals surface area (Å²) in [6.45, 7) is 2.42. The summed E-state index contributed by atoms with van der Waals surface area (Å²) < 4.78 is 5.62. The molecule has 2 amide bonds. The van der Waals surface area contributed by atoms with Crippen molar-refractivity contribution < 1.29 is 19.1 Å². The number of carbonyl (C=O) groups is 2. The monoisotopic (exact) mass is 568 g/mol. The molecule has 4 aromatic rings. The highest BCUT2D eigenvalue weighted by Crippen LogP contribution is 2.27. The number of aromatic nitrogens is 1. The first kappa shape index (κ1) is 28.9. The van der Waals surface area contributed by atoms with Gasteiger partial charge in [-0.1, -0.05) is 79.6 Å². The van der Waals surface area contributed by atoms with Gasteiger partial charge in [-0.2, -0.15) is 4.98 Å². The lowest BCUT2D eigenvalue weighted by Gasteiger charge is -2.27. The van der Waals surface area contributed by atoms with E-state index < -0.39 is 17.8 Å². The number of carboxylic acid groups (broad SMARTS) is 1. The molecule has 1 aromatic heterocycles. The van der Waals surface area contributed by atoms with E-state index >= 15 is 0 Å². The van der Waals surface area contributed by atoms with Crippen LogP contribution in [0.1, 0.15) is 47.9 Å². The lowest BCUT2D eigenvalue weighted by atomic mass is 10.0. The summed E-state index contributed by atoms with van der Waals surface area (Å²) in [6, 6.07) is 22.1. The highest BCUT2D eigenvalue weighted by molar-refractivity contribution is 5.85. The van der Waals surface area contributed by atoms with Crippen LogP contribution < -0.4 is 10.9 Å². The molecule has 1 saturated carbocycles. The van der Waals surface area contributed by atoms with Gasteiger partial charge in [0, 0.05) is 32.6 Å². The summed E-state index contributed by atoms with van der Waals surface area (Å²) in [6.07, 6.45) is 3.14. The van der Waals surface area contributed by atoms with Crippen molar-refractivity contribution >= 4 is 28.9 Å². The minimum Gasteiger partial charge on any atom is -0.465 e. The standard InChI is InChI=1S/C33H36N4O5/c1-22-25(21-37(33(40)41)26-15-9-10-16-26)17-18-27-29(22)31(39)42-32(34-27)35-28(19-23-11-5-3-6-12-23)30(38)36(2)20-24-13-7-4-8-14-24/h3-8,11-14,17-18,26,28H,9-10,15-16,19-21H2,1-2H3,(H,34,35)(H,40,41)/t28-/m0/s1. The van der Waals surface area contributed by atoms with Gasteiger partial charge in [-0.3, -0.25) is 4.79 Å². The number of nitrogens with one attached hydrogen (secondary N) is 1. The Labute approximate surface area is 244 Å². The number of amides is 2. The largest absolute Gasteiger partial charge is 0.465 e. The molecular weight excluding hydrogens is 532 g/mol. The van der Waals surface area contributed by atoms with Crippen molar-refractivity contribution in [2.75, 3.05) is 12.4 Å². The molecular formula is C33H36N4O5. The van der Waals surface area contributed by atoms with Crippen LogP contribution in [0, 0.1) is 6.92 Å². The first-order valence-electron chi connectivity index (χ1n) is 14.3. The molecule has 0 saturated heterocycles. The second-order valence-electron chi connectivity index (χ2n) is 11.0. The van der Waals surface area contributed by atoms with Crippen LogP contribution in [0.25, 0.3) is 10.9 Å². The number of rotatable bonds is 10. The maximum Gasteiger partial charge on any atom is 0.407 e. The zero-order valence-electron chi connectivity index (χ0n) is 24.0. The number of anilines is 1. The Hall–Kier alpha value is -4.66. The van der Waals surface area contributed by atoms with Crippen molar-refractivity contribution in [2.24, 2.45) is 0 Å². The minimum atomic E-state index is -0.961. The number of benzene rings is 3. The maximum atomic E-state index is 13.6. The van der Waals surface area contributed by atoms with Crippen molar-refractivity contribution in [2.45, 2.75) is 64.2 Å². The number of aryl methyl sites for hydroxylation is 1. The fraction of sp³-hybridized carbons (Fsp3) is 0.333. The van der Waals surface area contributed by atoms with Gasteiger partial charge >= 0.3 is 11.7 Å². The minimum absolute atomic E-state index is 0.0159. The molecule has 0 unspecified atom stereocenters. The highest BCUT2D eigenvalue weighted by atomic mass is 16.4. The number of fused-ring (bicyclic) bond motifs is 1. The second kappa shape index (κ2) is 12.9. The van der Waals surface area contributed by atoms with Crippen LogP contribution in [-0.2, 0) is 24.3 Å². The van der Waals surface area contributed by atoms with Crippen molar-refractivity contribution in [1.29, 1.82) is 0 Å². The molecule has 2 N–H and O–H groups in total. The number of hydrogen-bond acceptors (Lipinski definition) is 6. The summed E-state index contributed by atoms with van der Waals surface area (Å²) in [5.74, 6) is -0.167. The van der Waals surface area contributed by atoms with Crippen LogP contribution in [0.15, 0.2) is 82.0 Å². The molecule has 9 nitrogen and oxygen atoms in total. The fourth-order valence-corrected chi connectivity index (χ4v) is 5.75. The quantitative estimate of drug-likeness (QED) is 0.256. The lowest BCUT2D eigenvalue weighted by Crippen LogP contribution is -2.42. The molecule has 1 atom stereocenters. The molecule has 1 aliphatic rings. The van der Waals surface area contributed by atoms with E-state index in [4.69, 9.17) is 4.42 Å². The zero-order chi connectivity index (χ0) is 29.6. The van der Waals surface area contributed by atoms with Gasteiger partial charge in [0.1, 0.15) is 6.04 Å².